The third kappa shape index (κ3) is 1.10. The molecule has 0 spiro atoms. The minimum Gasteiger partial charge on any atom is -0.390 e. The standard InChI is InChI=1S/C10H18O/c1-8-9-4-2-3-6-10(8,11)7-5-9/h8-9,11H,2-7H2,1H3. The van der Waals surface area contributed by atoms with Crippen LogP contribution in [0.4, 0.5) is 0 Å². The van der Waals surface area contributed by atoms with Crippen molar-refractivity contribution >= 4 is 0 Å². The van der Waals surface area contributed by atoms with Gasteiger partial charge in [-0.05, 0) is 31.1 Å². The zero-order valence-electron chi connectivity index (χ0n) is 7.34. The van der Waals surface area contributed by atoms with E-state index in [9.17, 15) is 5.11 Å². The average molecular weight is 154 g/mol. The summed E-state index contributed by atoms with van der Waals surface area (Å²) in [6.07, 6.45) is 7.36. The molecule has 2 saturated carbocycles. The highest BCUT2D eigenvalue weighted by atomic mass is 16.3. The summed E-state index contributed by atoms with van der Waals surface area (Å²) >= 11 is 0. The lowest BCUT2D eigenvalue weighted by molar-refractivity contribution is -0.00312. The molecule has 0 aliphatic heterocycles. The molecule has 0 aromatic rings. The fourth-order valence-corrected chi connectivity index (χ4v) is 2.94. The lowest BCUT2D eigenvalue weighted by Gasteiger charge is -2.27. The molecule has 0 heterocycles. The van der Waals surface area contributed by atoms with Crippen LogP contribution in [0.1, 0.15) is 45.4 Å². The van der Waals surface area contributed by atoms with Crippen molar-refractivity contribution in [1.29, 1.82) is 0 Å². The molecular formula is C10H18O. The third-order valence-corrected chi connectivity index (χ3v) is 3.94. The Balaban J connectivity index is 2.18. The van der Waals surface area contributed by atoms with E-state index >= 15 is 0 Å². The van der Waals surface area contributed by atoms with E-state index in [0.29, 0.717) is 5.92 Å². The van der Waals surface area contributed by atoms with Gasteiger partial charge in [0.05, 0.1) is 5.60 Å². The van der Waals surface area contributed by atoms with Crippen LogP contribution < -0.4 is 0 Å². The van der Waals surface area contributed by atoms with E-state index < -0.39 is 0 Å². The summed E-state index contributed by atoms with van der Waals surface area (Å²) in [6, 6.07) is 0. The van der Waals surface area contributed by atoms with Crippen molar-refractivity contribution in [3.05, 3.63) is 0 Å². The van der Waals surface area contributed by atoms with Gasteiger partial charge in [0.1, 0.15) is 0 Å². The molecule has 64 valence electrons. The van der Waals surface area contributed by atoms with Crippen LogP contribution >= 0.6 is 0 Å². The van der Waals surface area contributed by atoms with E-state index in [2.05, 4.69) is 6.92 Å². The SMILES string of the molecule is CC1C2CCCCC1(O)CC2. The highest BCUT2D eigenvalue weighted by Crippen LogP contribution is 2.47. The van der Waals surface area contributed by atoms with Crippen LogP contribution in [0.15, 0.2) is 0 Å². The fraction of sp³-hybridized carbons (Fsp3) is 1.00. The maximum Gasteiger partial charge on any atom is 0.0676 e. The quantitative estimate of drug-likeness (QED) is 0.568. The van der Waals surface area contributed by atoms with E-state index in [1.54, 1.807) is 0 Å². The summed E-state index contributed by atoms with van der Waals surface area (Å²) in [7, 11) is 0. The Labute approximate surface area is 68.8 Å². The minimum absolute atomic E-state index is 0.263. The Bertz CT molecular complexity index is 153. The van der Waals surface area contributed by atoms with Crippen molar-refractivity contribution < 1.29 is 5.11 Å². The number of rotatable bonds is 0. The first kappa shape index (κ1) is 7.60. The van der Waals surface area contributed by atoms with Crippen LogP contribution in [-0.2, 0) is 0 Å². The van der Waals surface area contributed by atoms with Gasteiger partial charge in [0.2, 0.25) is 0 Å². The van der Waals surface area contributed by atoms with Gasteiger partial charge in [0.25, 0.3) is 0 Å². The van der Waals surface area contributed by atoms with Crippen molar-refractivity contribution in [3.8, 4) is 0 Å². The molecule has 2 rings (SSSR count). The van der Waals surface area contributed by atoms with Gasteiger partial charge < -0.3 is 5.11 Å². The lowest BCUT2D eigenvalue weighted by atomic mass is 9.86. The molecule has 11 heavy (non-hydrogen) atoms. The first-order chi connectivity index (χ1) is 5.22. The van der Waals surface area contributed by atoms with Crippen molar-refractivity contribution in [2.45, 2.75) is 51.0 Å². The summed E-state index contributed by atoms with van der Waals surface area (Å²) < 4.78 is 0. The van der Waals surface area contributed by atoms with Gasteiger partial charge in [-0.15, -0.1) is 0 Å². The predicted octanol–water partition coefficient (Wildman–Crippen LogP) is 2.34. The Morgan fingerprint density at radius 1 is 1.18 bits per heavy atom. The molecule has 1 N–H and O–H groups in total. The van der Waals surface area contributed by atoms with Crippen LogP contribution in [0.5, 0.6) is 0 Å². The molecule has 3 atom stereocenters. The van der Waals surface area contributed by atoms with Crippen molar-refractivity contribution in [2.24, 2.45) is 11.8 Å². The van der Waals surface area contributed by atoms with E-state index in [1.807, 2.05) is 0 Å². The number of aliphatic hydroxyl groups is 1. The van der Waals surface area contributed by atoms with E-state index in [4.69, 9.17) is 0 Å². The van der Waals surface area contributed by atoms with Crippen LogP contribution in [0.3, 0.4) is 0 Å². The molecule has 0 aromatic heterocycles. The van der Waals surface area contributed by atoms with Crippen LogP contribution in [0.2, 0.25) is 0 Å². The van der Waals surface area contributed by atoms with Gasteiger partial charge >= 0.3 is 0 Å². The topological polar surface area (TPSA) is 20.2 Å². The van der Waals surface area contributed by atoms with Gasteiger partial charge in [-0.25, -0.2) is 0 Å². The van der Waals surface area contributed by atoms with E-state index in [-0.39, 0.29) is 5.60 Å². The number of hydrogen-bond donors (Lipinski definition) is 1. The fourth-order valence-electron chi connectivity index (χ4n) is 2.94. The summed E-state index contributed by atoms with van der Waals surface area (Å²) in [5.41, 5.74) is -0.263. The average Bonchev–Trinajstić information content (AvgIpc) is 2.13. The Morgan fingerprint density at radius 3 is 2.82 bits per heavy atom. The summed E-state index contributed by atoms with van der Waals surface area (Å²) in [4.78, 5) is 0. The third-order valence-electron chi connectivity index (χ3n) is 3.94. The predicted molar refractivity (Wildman–Crippen MR) is 45.3 cm³/mol. The van der Waals surface area contributed by atoms with Crippen LogP contribution in [0.25, 0.3) is 0 Å². The molecule has 0 radical (unpaired) electrons. The molecule has 0 aromatic carbocycles. The van der Waals surface area contributed by atoms with Gasteiger partial charge in [0, 0.05) is 0 Å². The second-order valence-corrected chi connectivity index (χ2v) is 4.44. The van der Waals surface area contributed by atoms with E-state index in [0.717, 1.165) is 18.8 Å². The molecule has 1 nitrogen and oxygen atoms in total. The summed E-state index contributed by atoms with van der Waals surface area (Å²) in [5.74, 6) is 1.41. The van der Waals surface area contributed by atoms with Crippen LogP contribution in [0, 0.1) is 11.8 Å². The lowest BCUT2D eigenvalue weighted by Crippen LogP contribution is -2.31. The molecule has 2 bridgehead atoms. The van der Waals surface area contributed by atoms with Crippen molar-refractivity contribution in [1.82, 2.24) is 0 Å². The highest BCUT2D eigenvalue weighted by molar-refractivity contribution is 4.96. The maximum atomic E-state index is 10.2. The van der Waals surface area contributed by atoms with Gasteiger partial charge in [0.15, 0.2) is 0 Å². The smallest absolute Gasteiger partial charge is 0.0676 e. The zero-order valence-corrected chi connectivity index (χ0v) is 7.34. The van der Waals surface area contributed by atoms with Gasteiger partial charge in [-0.2, -0.15) is 0 Å². The van der Waals surface area contributed by atoms with Gasteiger partial charge in [-0.1, -0.05) is 26.2 Å². The largest absolute Gasteiger partial charge is 0.390 e. The van der Waals surface area contributed by atoms with Crippen molar-refractivity contribution in [2.75, 3.05) is 0 Å². The van der Waals surface area contributed by atoms with Crippen molar-refractivity contribution in [3.63, 3.8) is 0 Å². The Morgan fingerprint density at radius 2 is 2.00 bits per heavy atom. The molecule has 1 heteroatoms. The van der Waals surface area contributed by atoms with Crippen LogP contribution in [-0.4, -0.2) is 10.7 Å². The zero-order chi connectivity index (χ0) is 7.90. The normalized spacial score (nSPS) is 50.7. The Hall–Kier alpha value is -0.0400. The monoisotopic (exact) mass is 154 g/mol. The first-order valence-corrected chi connectivity index (χ1v) is 4.95. The second-order valence-electron chi connectivity index (χ2n) is 4.44. The number of fused-ring (bicyclic) bond motifs is 2. The molecule has 2 aliphatic carbocycles. The summed E-state index contributed by atoms with van der Waals surface area (Å²) in [5, 5.41) is 10.2. The second kappa shape index (κ2) is 2.48. The molecule has 0 amide bonds. The first-order valence-electron chi connectivity index (χ1n) is 4.95. The summed E-state index contributed by atoms with van der Waals surface area (Å²) in [6.45, 7) is 2.24. The Kier molecular flexibility index (Phi) is 1.71. The minimum atomic E-state index is -0.263. The molecule has 2 fully saturated rings. The molecule has 2 aliphatic rings. The van der Waals surface area contributed by atoms with Gasteiger partial charge in [-0.3, -0.25) is 0 Å². The molecule has 0 saturated heterocycles. The maximum absolute atomic E-state index is 10.2. The molecular weight excluding hydrogens is 136 g/mol. The number of hydrogen-bond acceptors (Lipinski definition) is 1. The highest BCUT2D eigenvalue weighted by Gasteiger charge is 2.44. The van der Waals surface area contributed by atoms with E-state index in [1.165, 1.54) is 25.7 Å². The molecule has 3 unspecified atom stereocenters.